The molecule has 1 aliphatic carbocycles. The second-order valence-corrected chi connectivity index (χ2v) is 5.89. The molecule has 0 aromatic carbocycles. The summed E-state index contributed by atoms with van der Waals surface area (Å²) in [4.78, 5) is 18.6. The van der Waals surface area contributed by atoms with E-state index in [-0.39, 0.29) is 17.4 Å². The van der Waals surface area contributed by atoms with Crippen molar-refractivity contribution in [1.82, 2.24) is 4.98 Å². The summed E-state index contributed by atoms with van der Waals surface area (Å²) in [5, 5.41) is 0. The number of piperidine rings is 1. The lowest BCUT2D eigenvalue weighted by molar-refractivity contribution is -0.147. The molecule has 0 spiro atoms. The van der Waals surface area contributed by atoms with Crippen molar-refractivity contribution in [2.45, 2.75) is 19.4 Å². The van der Waals surface area contributed by atoms with Crippen LogP contribution in [-0.2, 0) is 9.53 Å². The second kappa shape index (κ2) is 3.95. The molecule has 1 aromatic heterocycles. The zero-order chi connectivity index (χ0) is 12.9. The number of esters is 1. The van der Waals surface area contributed by atoms with Crippen molar-refractivity contribution in [2.24, 2.45) is 11.3 Å². The van der Waals surface area contributed by atoms with Crippen molar-refractivity contribution < 1.29 is 9.53 Å². The average Bonchev–Trinajstić information content (AvgIpc) is 3.03. The van der Waals surface area contributed by atoms with E-state index in [1.165, 1.54) is 7.11 Å². The molecule has 1 aromatic rings. The fourth-order valence-corrected chi connectivity index (χ4v) is 3.56. The van der Waals surface area contributed by atoms with Gasteiger partial charge in [0.05, 0.1) is 12.5 Å². The smallest absolute Gasteiger partial charge is 0.314 e. The predicted molar refractivity (Wildman–Crippen MR) is 71.3 cm³/mol. The average molecular weight is 311 g/mol. The first-order chi connectivity index (χ1) is 8.59. The third-order valence-corrected chi connectivity index (χ3v) is 4.78. The van der Waals surface area contributed by atoms with Gasteiger partial charge in [-0.15, -0.1) is 0 Å². The predicted octanol–water partition coefficient (Wildman–Crippen LogP) is 2.23. The molecular formula is C13H15BrN2O2. The van der Waals surface area contributed by atoms with Crippen LogP contribution in [0.5, 0.6) is 0 Å². The van der Waals surface area contributed by atoms with E-state index in [0.29, 0.717) is 5.92 Å². The highest BCUT2D eigenvalue weighted by Crippen LogP contribution is 2.62. The summed E-state index contributed by atoms with van der Waals surface area (Å²) in [6, 6.07) is 6.00. The summed E-state index contributed by atoms with van der Waals surface area (Å²) in [5.74, 6) is 1.27. The first-order valence-corrected chi connectivity index (χ1v) is 6.86. The summed E-state index contributed by atoms with van der Waals surface area (Å²) < 4.78 is 5.78. The normalized spacial score (nSPS) is 33.2. The van der Waals surface area contributed by atoms with Crippen molar-refractivity contribution >= 4 is 27.7 Å². The lowest BCUT2D eigenvalue weighted by Crippen LogP contribution is -2.38. The molecule has 3 atom stereocenters. The molecule has 0 radical (unpaired) electrons. The number of rotatable bonds is 2. The van der Waals surface area contributed by atoms with Gasteiger partial charge in [0.1, 0.15) is 10.4 Å². The van der Waals surface area contributed by atoms with Gasteiger partial charge in [-0.3, -0.25) is 4.79 Å². The van der Waals surface area contributed by atoms with Crippen LogP contribution in [0.1, 0.15) is 13.3 Å². The minimum atomic E-state index is -0.293. The molecule has 2 heterocycles. The Bertz CT molecular complexity index is 508. The monoisotopic (exact) mass is 310 g/mol. The largest absolute Gasteiger partial charge is 0.469 e. The number of carbonyl (C=O) groups is 1. The number of aromatic nitrogens is 1. The molecule has 1 aliphatic heterocycles. The van der Waals surface area contributed by atoms with Crippen molar-refractivity contribution in [3.05, 3.63) is 22.8 Å². The molecule has 0 unspecified atom stereocenters. The number of methoxy groups -OCH3 is 1. The Morgan fingerprint density at radius 3 is 3.06 bits per heavy atom. The highest BCUT2D eigenvalue weighted by Gasteiger charge is 2.70. The summed E-state index contributed by atoms with van der Waals surface area (Å²) in [6.45, 7) is 2.98. The van der Waals surface area contributed by atoms with E-state index >= 15 is 0 Å². The summed E-state index contributed by atoms with van der Waals surface area (Å²) in [5.41, 5.74) is -0.293. The molecular weight excluding hydrogens is 296 g/mol. The number of fused-ring (bicyclic) bond motifs is 1. The van der Waals surface area contributed by atoms with Gasteiger partial charge in [-0.2, -0.15) is 0 Å². The fraction of sp³-hybridized carbons (Fsp3) is 0.538. The molecule has 18 heavy (non-hydrogen) atoms. The quantitative estimate of drug-likeness (QED) is 0.620. The number of carbonyl (C=O) groups excluding carboxylic acids is 1. The zero-order valence-corrected chi connectivity index (χ0v) is 12.0. The highest BCUT2D eigenvalue weighted by atomic mass is 79.9. The van der Waals surface area contributed by atoms with E-state index in [4.69, 9.17) is 4.74 Å². The number of halogens is 1. The van der Waals surface area contributed by atoms with E-state index in [9.17, 15) is 4.79 Å². The van der Waals surface area contributed by atoms with E-state index in [1.54, 1.807) is 0 Å². The van der Waals surface area contributed by atoms with Crippen LogP contribution in [0.25, 0.3) is 0 Å². The van der Waals surface area contributed by atoms with Crippen molar-refractivity contribution in [2.75, 3.05) is 18.6 Å². The van der Waals surface area contributed by atoms with Gasteiger partial charge in [-0.25, -0.2) is 4.98 Å². The lowest BCUT2D eigenvalue weighted by atomic mass is 9.98. The molecule has 1 saturated carbocycles. The van der Waals surface area contributed by atoms with E-state index < -0.39 is 0 Å². The number of hydrogen-bond donors (Lipinski definition) is 0. The number of ether oxygens (including phenoxy) is 1. The number of nitrogens with zero attached hydrogens (tertiary/aromatic N) is 2. The molecule has 1 saturated heterocycles. The number of anilines is 1. The van der Waals surface area contributed by atoms with Crippen LogP contribution >= 0.6 is 15.9 Å². The van der Waals surface area contributed by atoms with Gasteiger partial charge in [-0.05, 0) is 47.3 Å². The SMILES string of the molecule is COC(=O)[C@]12C[C@H]1CN(c1cccc(Br)n1)[C@H]2C. The molecule has 2 aliphatic rings. The Morgan fingerprint density at radius 2 is 2.39 bits per heavy atom. The highest BCUT2D eigenvalue weighted by molar-refractivity contribution is 9.10. The minimum absolute atomic E-state index is 0.0718. The topological polar surface area (TPSA) is 42.4 Å². The first-order valence-electron chi connectivity index (χ1n) is 6.07. The minimum Gasteiger partial charge on any atom is -0.469 e. The van der Waals surface area contributed by atoms with E-state index in [2.05, 4.69) is 32.7 Å². The maximum atomic E-state index is 12.0. The van der Waals surface area contributed by atoms with E-state index in [1.807, 2.05) is 18.2 Å². The van der Waals surface area contributed by atoms with Gasteiger partial charge in [0.15, 0.2) is 0 Å². The molecule has 0 N–H and O–H groups in total. The van der Waals surface area contributed by atoms with Crippen molar-refractivity contribution in [3.63, 3.8) is 0 Å². The molecule has 96 valence electrons. The van der Waals surface area contributed by atoms with Gasteiger partial charge in [-0.1, -0.05) is 6.07 Å². The zero-order valence-electron chi connectivity index (χ0n) is 10.4. The standard InChI is InChI=1S/C13H15BrN2O2/c1-8-13(12(17)18-2)6-9(13)7-16(8)11-5-3-4-10(14)15-11/h3-5,8-9H,6-7H2,1-2H3/t8-,9-,13-/m0/s1. The maximum Gasteiger partial charge on any atom is 0.314 e. The first kappa shape index (κ1) is 12.0. The van der Waals surface area contributed by atoms with Gasteiger partial charge in [0.25, 0.3) is 0 Å². The Kier molecular flexibility index (Phi) is 2.62. The molecule has 0 bridgehead atoms. The van der Waals surface area contributed by atoms with Crippen LogP contribution in [0, 0.1) is 11.3 Å². The molecule has 2 fully saturated rings. The number of pyridine rings is 1. The van der Waals surface area contributed by atoms with Crippen LogP contribution in [0.4, 0.5) is 5.82 Å². The second-order valence-electron chi connectivity index (χ2n) is 5.08. The van der Waals surface area contributed by atoms with Crippen LogP contribution < -0.4 is 4.90 Å². The van der Waals surface area contributed by atoms with Crippen LogP contribution in [0.2, 0.25) is 0 Å². The van der Waals surface area contributed by atoms with Crippen molar-refractivity contribution in [1.29, 1.82) is 0 Å². The number of hydrogen-bond acceptors (Lipinski definition) is 4. The van der Waals surface area contributed by atoms with Gasteiger partial charge < -0.3 is 9.64 Å². The Balaban J connectivity index is 1.89. The molecule has 3 rings (SSSR count). The van der Waals surface area contributed by atoms with E-state index in [0.717, 1.165) is 23.4 Å². The summed E-state index contributed by atoms with van der Waals surface area (Å²) >= 11 is 3.38. The van der Waals surface area contributed by atoms with Gasteiger partial charge in [0, 0.05) is 12.6 Å². The fourth-order valence-electron chi connectivity index (χ4n) is 3.22. The molecule has 0 amide bonds. The van der Waals surface area contributed by atoms with Gasteiger partial charge in [0.2, 0.25) is 0 Å². The molecule has 5 heteroatoms. The Hall–Kier alpha value is -1.10. The molecule has 4 nitrogen and oxygen atoms in total. The third kappa shape index (κ3) is 1.49. The third-order valence-electron chi connectivity index (χ3n) is 4.34. The Labute approximate surface area is 114 Å². The lowest BCUT2D eigenvalue weighted by Gasteiger charge is -2.28. The van der Waals surface area contributed by atoms with Crippen LogP contribution in [0.15, 0.2) is 22.8 Å². The maximum absolute atomic E-state index is 12.0. The Morgan fingerprint density at radius 1 is 1.61 bits per heavy atom. The van der Waals surface area contributed by atoms with Crippen molar-refractivity contribution in [3.8, 4) is 0 Å². The van der Waals surface area contributed by atoms with Crippen LogP contribution in [-0.4, -0.2) is 30.6 Å². The van der Waals surface area contributed by atoms with Gasteiger partial charge >= 0.3 is 5.97 Å². The summed E-state index contributed by atoms with van der Waals surface area (Å²) in [6.07, 6.45) is 0.950. The summed E-state index contributed by atoms with van der Waals surface area (Å²) in [7, 11) is 1.47. The van der Waals surface area contributed by atoms with Crippen LogP contribution in [0.3, 0.4) is 0 Å².